The van der Waals surface area contributed by atoms with Gasteiger partial charge in [0, 0.05) is 34.6 Å². The van der Waals surface area contributed by atoms with E-state index in [1.807, 2.05) is 0 Å². The van der Waals surface area contributed by atoms with Crippen LogP contribution < -0.4 is 9.47 Å². The summed E-state index contributed by atoms with van der Waals surface area (Å²) >= 11 is 6.59. The van der Waals surface area contributed by atoms with Gasteiger partial charge in [-0.2, -0.15) is 8.61 Å². The number of methoxy groups -OCH3 is 2. The Labute approximate surface area is 199 Å². The highest BCUT2D eigenvalue weighted by Crippen LogP contribution is 2.34. The van der Waals surface area contributed by atoms with Crippen molar-refractivity contribution in [2.24, 2.45) is 0 Å². The zero-order chi connectivity index (χ0) is 23.0. The summed E-state index contributed by atoms with van der Waals surface area (Å²) < 4.78 is 67.4. The van der Waals surface area contributed by atoms with Gasteiger partial charge in [0.15, 0.2) is 0 Å². The fourth-order valence-electron chi connectivity index (χ4n) is 3.45. The molecule has 2 aromatic rings. The molecule has 170 valence electrons. The fraction of sp³-hybridized carbons (Fsp3) is 0.368. The van der Waals surface area contributed by atoms with Gasteiger partial charge < -0.3 is 9.47 Å². The SMILES string of the molecule is COc1ccc(Br)cc1S(=O)(=O)N1CCN(S(=O)(=O)c2cc(Br)ccc2OC)[C@H](C)C1. The molecule has 0 spiro atoms. The lowest BCUT2D eigenvalue weighted by Gasteiger charge is -2.38. The second-order valence-electron chi connectivity index (χ2n) is 6.92. The minimum absolute atomic E-state index is 0.00749. The normalized spacial score (nSPS) is 18.7. The molecule has 0 saturated carbocycles. The first kappa shape index (κ1) is 24.5. The van der Waals surface area contributed by atoms with Crippen molar-refractivity contribution in [3.8, 4) is 11.5 Å². The molecular weight excluding hydrogens is 576 g/mol. The fourth-order valence-corrected chi connectivity index (χ4v) is 7.97. The summed E-state index contributed by atoms with van der Waals surface area (Å²) in [6.07, 6.45) is 0. The number of sulfonamides is 2. The van der Waals surface area contributed by atoms with E-state index in [0.717, 1.165) is 0 Å². The Morgan fingerprint density at radius 1 is 0.839 bits per heavy atom. The molecule has 3 rings (SSSR count). The van der Waals surface area contributed by atoms with Crippen LogP contribution in [0.5, 0.6) is 11.5 Å². The van der Waals surface area contributed by atoms with Crippen LogP contribution >= 0.6 is 31.9 Å². The molecule has 0 unspecified atom stereocenters. The Morgan fingerprint density at radius 3 is 1.77 bits per heavy atom. The summed E-state index contributed by atoms with van der Waals surface area (Å²) in [6.45, 7) is 1.71. The molecule has 2 aromatic carbocycles. The average molecular weight is 598 g/mol. The Balaban J connectivity index is 1.91. The zero-order valence-electron chi connectivity index (χ0n) is 17.1. The maximum atomic E-state index is 13.3. The van der Waals surface area contributed by atoms with Gasteiger partial charge in [0.25, 0.3) is 0 Å². The maximum absolute atomic E-state index is 13.3. The molecule has 0 amide bonds. The highest BCUT2D eigenvalue weighted by molar-refractivity contribution is 9.10. The monoisotopic (exact) mass is 596 g/mol. The molecule has 1 aliphatic heterocycles. The largest absolute Gasteiger partial charge is 0.495 e. The van der Waals surface area contributed by atoms with Crippen LogP contribution in [0, 0.1) is 0 Å². The molecule has 0 radical (unpaired) electrons. The molecule has 1 heterocycles. The van der Waals surface area contributed by atoms with Crippen LogP contribution in [0.1, 0.15) is 6.92 Å². The van der Waals surface area contributed by atoms with E-state index in [1.54, 1.807) is 31.2 Å². The minimum atomic E-state index is -3.90. The molecule has 0 aliphatic carbocycles. The highest BCUT2D eigenvalue weighted by Gasteiger charge is 2.40. The van der Waals surface area contributed by atoms with E-state index in [0.29, 0.717) is 8.95 Å². The van der Waals surface area contributed by atoms with Crippen molar-refractivity contribution in [2.75, 3.05) is 33.9 Å². The van der Waals surface area contributed by atoms with Gasteiger partial charge >= 0.3 is 0 Å². The van der Waals surface area contributed by atoms with E-state index >= 15 is 0 Å². The predicted octanol–water partition coefficient (Wildman–Crippen LogP) is 3.31. The van der Waals surface area contributed by atoms with Gasteiger partial charge in [-0.1, -0.05) is 31.9 Å². The maximum Gasteiger partial charge on any atom is 0.247 e. The third-order valence-electron chi connectivity index (χ3n) is 4.99. The summed E-state index contributed by atoms with van der Waals surface area (Å²) in [4.78, 5) is 0.0581. The molecule has 8 nitrogen and oxygen atoms in total. The van der Waals surface area contributed by atoms with Crippen molar-refractivity contribution in [1.82, 2.24) is 8.61 Å². The number of hydrogen-bond donors (Lipinski definition) is 0. The van der Waals surface area contributed by atoms with E-state index in [2.05, 4.69) is 31.9 Å². The highest BCUT2D eigenvalue weighted by atomic mass is 79.9. The van der Waals surface area contributed by atoms with E-state index in [-0.39, 0.29) is 40.9 Å². The second kappa shape index (κ2) is 9.36. The molecule has 31 heavy (non-hydrogen) atoms. The smallest absolute Gasteiger partial charge is 0.247 e. The third kappa shape index (κ3) is 4.79. The van der Waals surface area contributed by atoms with Crippen LogP contribution in [0.3, 0.4) is 0 Å². The number of nitrogens with zero attached hydrogens (tertiary/aromatic N) is 2. The number of benzene rings is 2. The van der Waals surface area contributed by atoms with Crippen LogP contribution in [0.15, 0.2) is 55.1 Å². The lowest BCUT2D eigenvalue weighted by atomic mass is 10.3. The number of hydrogen-bond acceptors (Lipinski definition) is 6. The Morgan fingerprint density at radius 2 is 1.32 bits per heavy atom. The quantitative estimate of drug-likeness (QED) is 0.507. The molecule has 0 bridgehead atoms. The van der Waals surface area contributed by atoms with Gasteiger partial charge in [0.1, 0.15) is 21.3 Å². The number of rotatable bonds is 6. The van der Waals surface area contributed by atoms with Crippen LogP contribution in [0.2, 0.25) is 0 Å². The van der Waals surface area contributed by atoms with E-state index in [1.165, 1.54) is 35.0 Å². The van der Waals surface area contributed by atoms with Gasteiger partial charge in [-0.3, -0.25) is 0 Å². The summed E-state index contributed by atoms with van der Waals surface area (Å²) in [5, 5.41) is 0. The lowest BCUT2D eigenvalue weighted by Crippen LogP contribution is -2.55. The number of piperazine rings is 1. The van der Waals surface area contributed by atoms with E-state index in [4.69, 9.17) is 9.47 Å². The summed E-state index contributed by atoms with van der Waals surface area (Å²) in [5.74, 6) is 0.453. The predicted molar refractivity (Wildman–Crippen MR) is 124 cm³/mol. The van der Waals surface area contributed by atoms with Crippen molar-refractivity contribution in [3.05, 3.63) is 45.3 Å². The third-order valence-corrected chi connectivity index (χ3v) is 9.89. The Hall–Kier alpha value is -1.18. The van der Waals surface area contributed by atoms with Crippen LogP contribution in [0.4, 0.5) is 0 Å². The first-order valence-corrected chi connectivity index (χ1v) is 13.7. The second-order valence-corrected chi connectivity index (χ2v) is 12.5. The summed E-state index contributed by atoms with van der Waals surface area (Å²) in [6, 6.07) is 8.90. The van der Waals surface area contributed by atoms with Crippen LogP contribution in [-0.2, 0) is 20.0 Å². The summed E-state index contributed by atoms with van der Waals surface area (Å²) in [5.41, 5.74) is 0. The van der Waals surface area contributed by atoms with Gasteiger partial charge in [-0.15, -0.1) is 0 Å². The first-order chi connectivity index (χ1) is 14.5. The van der Waals surface area contributed by atoms with Gasteiger partial charge in [-0.25, -0.2) is 16.8 Å². The van der Waals surface area contributed by atoms with Crippen molar-refractivity contribution >= 4 is 51.9 Å². The van der Waals surface area contributed by atoms with Crippen LogP contribution in [-0.4, -0.2) is 65.3 Å². The molecular formula is C19H22Br2N2O6S2. The molecule has 1 saturated heterocycles. The average Bonchev–Trinajstić information content (AvgIpc) is 2.73. The van der Waals surface area contributed by atoms with Gasteiger partial charge in [-0.05, 0) is 43.3 Å². The lowest BCUT2D eigenvalue weighted by molar-refractivity contribution is 0.212. The van der Waals surface area contributed by atoms with Gasteiger partial charge in [0.2, 0.25) is 20.0 Å². The standard InChI is InChI=1S/C19H22Br2N2O6S2/c1-13-12-22(30(24,25)18-10-14(20)4-6-16(18)28-2)8-9-23(13)31(26,27)19-11-15(21)5-7-17(19)29-3/h4-7,10-11,13H,8-9,12H2,1-3H3/t13-/m1/s1. The zero-order valence-corrected chi connectivity index (χ0v) is 21.9. The molecule has 12 heteroatoms. The molecule has 0 N–H and O–H groups in total. The van der Waals surface area contributed by atoms with Crippen molar-refractivity contribution in [2.45, 2.75) is 22.8 Å². The molecule has 1 atom stereocenters. The molecule has 1 aliphatic rings. The van der Waals surface area contributed by atoms with E-state index in [9.17, 15) is 16.8 Å². The van der Waals surface area contributed by atoms with E-state index < -0.39 is 26.1 Å². The van der Waals surface area contributed by atoms with Crippen molar-refractivity contribution in [3.63, 3.8) is 0 Å². The van der Waals surface area contributed by atoms with Crippen molar-refractivity contribution < 1.29 is 26.3 Å². The number of halogens is 2. The minimum Gasteiger partial charge on any atom is -0.495 e. The first-order valence-electron chi connectivity index (χ1n) is 9.21. The van der Waals surface area contributed by atoms with Crippen molar-refractivity contribution in [1.29, 1.82) is 0 Å². The Bertz CT molecular complexity index is 1190. The topological polar surface area (TPSA) is 93.2 Å². The summed E-state index contributed by atoms with van der Waals surface area (Å²) in [7, 11) is -4.99. The Kier molecular flexibility index (Phi) is 7.38. The van der Waals surface area contributed by atoms with Crippen LogP contribution in [0.25, 0.3) is 0 Å². The molecule has 0 aromatic heterocycles. The molecule has 1 fully saturated rings. The van der Waals surface area contributed by atoms with Gasteiger partial charge in [0.05, 0.1) is 14.2 Å². The number of ether oxygens (including phenoxy) is 2.